The Morgan fingerprint density at radius 3 is 2.70 bits per heavy atom. The van der Waals surface area contributed by atoms with Crippen LogP contribution >= 0.6 is 11.6 Å². The first-order chi connectivity index (χ1) is 9.53. The van der Waals surface area contributed by atoms with Crippen LogP contribution < -0.4 is 4.72 Å². The third kappa shape index (κ3) is 3.66. The summed E-state index contributed by atoms with van der Waals surface area (Å²) < 4.78 is 27.1. The highest BCUT2D eigenvalue weighted by atomic mass is 35.5. The van der Waals surface area contributed by atoms with Gasteiger partial charge >= 0.3 is 0 Å². The van der Waals surface area contributed by atoms with Gasteiger partial charge in [0.2, 0.25) is 10.0 Å². The van der Waals surface area contributed by atoms with E-state index in [1.807, 2.05) is 0 Å². The van der Waals surface area contributed by atoms with Gasteiger partial charge in [-0.2, -0.15) is 0 Å². The molecule has 0 spiro atoms. The Morgan fingerprint density at radius 1 is 1.35 bits per heavy atom. The second-order valence-electron chi connectivity index (χ2n) is 4.70. The molecule has 1 aliphatic rings. The van der Waals surface area contributed by atoms with Gasteiger partial charge in [-0.3, -0.25) is 4.72 Å². The highest BCUT2D eigenvalue weighted by molar-refractivity contribution is 7.93. The van der Waals surface area contributed by atoms with Crippen molar-refractivity contribution in [3.05, 3.63) is 28.8 Å². The van der Waals surface area contributed by atoms with Crippen molar-refractivity contribution in [2.75, 3.05) is 11.3 Å². The number of hydrogen-bond acceptors (Lipinski definition) is 3. The molecule has 0 aromatic heterocycles. The molecular formula is C14H16ClNO3S. The second-order valence-corrected chi connectivity index (χ2v) is 7.10. The van der Waals surface area contributed by atoms with Crippen LogP contribution in [0.25, 0.3) is 0 Å². The summed E-state index contributed by atoms with van der Waals surface area (Å²) in [5.41, 5.74) is 0.871. The van der Waals surface area contributed by atoms with Crippen molar-refractivity contribution in [3.8, 4) is 11.8 Å². The number of rotatable bonds is 3. The lowest BCUT2D eigenvalue weighted by Crippen LogP contribution is -2.25. The van der Waals surface area contributed by atoms with E-state index in [0.717, 1.165) is 12.8 Å². The Labute approximate surface area is 124 Å². The third-order valence-electron chi connectivity index (χ3n) is 3.28. The summed E-state index contributed by atoms with van der Waals surface area (Å²) in [5, 5.41) is 8.88. The number of aliphatic hydroxyl groups is 1. The summed E-state index contributed by atoms with van der Waals surface area (Å²) in [6, 6.07) is 4.78. The van der Waals surface area contributed by atoms with Crippen LogP contribution in [0.2, 0.25) is 5.02 Å². The molecular weight excluding hydrogens is 298 g/mol. The molecule has 1 aromatic rings. The Hall–Kier alpha value is -1.22. The lowest BCUT2D eigenvalue weighted by atomic mass is 10.2. The minimum Gasteiger partial charge on any atom is -0.384 e. The molecule has 2 rings (SSSR count). The fourth-order valence-corrected chi connectivity index (χ4v) is 4.06. The van der Waals surface area contributed by atoms with Gasteiger partial charge < -0.3 is 5.11 Å². The zero-order valence-corrected chi connectivity index (χ0v) is 12.5. The maximum Gasteiger partial charge on any atom is 0.235 e. The molecule has 0 radical (unpaired) electrons. The molecule has 2 N–H and O–H groups in total. The molecule has 20 heavy (non-hydrogen) atoms. The highest BCUT2D eigenvalue weighted by Gasteiger charge is 2.29. The van der Waals surface area contributed by atoms with Gasteiger partial charge in [-0.05, 0) is 31.0 Å². The maximum absolute atomic E-state index is 12.3. The molecule has 0 atom stereocenters. The van der Waals surface area contributed by atoms with E-state index in [2.05, 4.69) is 16.6 Å². The average molecular weight is 314 g/mol. The number of benzene rings is 1. The quantitative estimate of drug-likeness (QED) is 0.842. The zero-order valence-electron chi connectivity index (χ0n) is 10.9. The number of anilines is 1. The van der Waals surface area contributed by atoms with Crippen LogP contribution in [0.5, 0.6) is 0 Å². The van der Waals surface area contributed by atoms with Crippen LogP contribution in [0.1, 0.15) is 31.2 Å². The molecule has 4 nitrogen and oxygen atoms in total. The molecule has 1 saturated carbocycles. The summed E-state index contributed by atoms with van der Waals surface area (Å²) >= 11 is 5.89. The third-order valence-corrected chi connectivity index (χ3v) is 5.37. The monoisotopic (exact) mass is 313 g/mol. The van der Waals surface area contributed by atoms with E-state index in [1.165, 1.54) is 0 Å². The predicted molar refractivity (Wildman–Crippen MR) is 80.2 cm³/mol. The van der Waals surface area contributed by atoms with Crippen molar-refractivity contribution in [1.29, 1.82) is 0 Å². The van der Waals surface area contributed by atoms with Crippen LogP contribution in [0, 0.1) is 11.8 Å². The predicted octanol–water partition coefficient (Wildman–Crippen LogP) is 2.37. The average Bonchev–Trinajstić information content (AvgIpc) is 2.93. The fraction of sp³-hybridized carbons (Fsp3) is 0.429. The van der Waals surface area contributed by atoms with E-state index in [4.69, 9.17) is 16.7 Å². The molecule has 0 bridgehead atoms. The normalized spacial score (nSPS) is 15.7. The molecule has 0 saturated heterocycles. The number of sulfonamides is 1. The first-order valence-corrected chi connectivity index (χ1v) is 8.36. The Bertz CT molecular complexity index is 640. The van der Waals surface area contributed by atoms with Crippen LogP contribution in [0.15, 0.2) is 18.2 Å². The first-order valence-electron chi connectivity index (χ1n) is 6.44. The molecule has 0 aliphatic heterocycles. The van der Waals surface area contributed by atoms with E-state index in [-0.39, 0.29) is 11.9 Å². The van der Waals surface area contributed by atoms with Crippen molar-refractivity contribution in [2.45, 2.75) is 30.9 Å². The summed E-state index contributed by atoms with van der Waals surface area (Å²) in [4.78, 5) is 0. The van der Waals surface area contributed by atoms with Crippen molar-refractivity contribution in [3.63, 3.8) is 0 Å². The Balaban J connectivity index is 2.28. The van der Waals surface area contributed by atoms with E-state index < -0.39 is 10.0 Å². The summed E-state index contributed by atoms with van der Waals surface area (Å²) in [6.07, 6.45) is 3.29. The number of hydrogen-bond donors (Lipinski definition) is 2. The molecule has 1 fully saturated rings. The fourth-order valence-electron chi connectivity index (χ4n) is 2.28. The largest absolute Gasteiger partial charge is 0.384 e. The number of nitrogens with one attached hydrogen (secondary N) is 1. The van der Waals surface area contributed by atoms with Gasteiger partial charge in [0.25, 0.3) is 0 Å². The second kappa shape index (κ2) is 6.49. The molecule has 0 unspecified atom stereocenters. The first kappa shape index (κ1) is 15.2. The van der Waals surface area contributed by atoms with E-state index >= 15 is 0 Å². The summed E-state index contributed by atoms with van der Waals surface area (Å²) in [5.74, 6) is 5.21. The van der Waals surface area contributed by atoms with Crippen molar-refractivity contribution in [1.82, 2.24) is 0 Å². The van der Waals surface area contributed by atoms with Crippen LogP contribution in [0.4, 0.5) is 5.69 Å². The lowest BCUT2D eigenvalue weighted by Gasteiger charge is -2.14. The zero-order chi connectivity index (χ0) is 14.6. The van der Waals surface area contributed by atoms with E-state index in [1.54, 1.807) is 18.2 Å². The molecule has 6 heteroatoms. The minimum absolute atomic E-state index is 0.290. The molecule has 0 amide bonds. The molecule has 0 heterocycles. The van der Waals surface area contributed by atoms with Gasteiger partial charge in [-0.1, -0.05) is 36.3 Å². The molecule has 108 valence electrons. The van der Waals surface area contributed by atoms with Crippen LogP contribution in [0.3, 0.4) is 0 Å². The van der Waals surface area contributed by atoms with Gasteiger partial charge in [0.1, 0.15) is 6.61 Å². The topological polar surface area (TPSA) is 66.4 Å². The molecule has 1 aromatic carbocycles. The summed E-state index contributed by atoms with van der Waals surface area (Å²) in [7, 11) is -3.40. The van der Waals surface area contributed by atoms with Gasteiger partial charge in [0.05, 0.1) is 16.5 Å². The van der Waals surface area contributed by atoms with Gasteiger partial charge in [-0.25, -0.2) is 8.42 Å². The maximum atomic E-state index is 12.3. The van der Waals surface area contributed by atoms with Crippen molar-refractivity contribution >= 4 is 27.3 Å². The Morgan fingerprint density at radius 2 is 2.05 bits per heavy atom. The van der Waals surface area contributed by atoms with Gasteiger partial charge in [-0.15, -0.1) is 0 Å². The van der Waals surface area contributed by atoms with Gasteiger partial charge in [0.15, 0.2) is 0 Å². The SMILES string of the molecule is O=S(=O)(Nc1ccc(Cl)cc1C#CCO)C1CCCC1. The van der Waals surface area contributed by atoms with Crippen molar-refractivity contribution in [2.24, 2.45) is 0 Å². The lowest BCUT2D eigenvalue weighted by molar-refractivity contribution is 0.350. The highest BCUT2D eigenvalue weighted by Crippen LogP contribution is 2.28. The Kier molecular flexibility index (Phi) is 4.92. The van der Waals surface area contributed by atoms with E-state index in [0.29, 0.717) is 29.1 Å². The number of aliphatic hydroxyl groups excluding tert-OH is 1. The van der Waals surface area contributed by atoms with Crippen molar-refractivity contribution < 1.29 is 13.5 Å². The minimum atomic E-state index is -3.40. The number of halogens is 1. The smallest absolute Gasteiger partial charge is 0.235 e. The summed E-state index contributed by atoms with van der Waals surface area (Å²) in [6.45, 7) is -0.290. The van der Waals surface area contributed by atoms with Crippen LogP contribution in [-0.2, 0) is 10.0 Å². The van der Waals surface area contributed by atoms with E-state index in [9.17, 15) is 8.42 Å². The standard InChI is InChI=1S/C14H16ClNO3S/c15-12-7-8-14(11(10-12)4-3-9-17)16-20(18,19)13-5-1-2-6-13/h7-8,10,13,16-17H,1-2,5-6,9H2. The van der Waals surface area contributed by atoms with Gasteiger partial charge in [0, 0.05) is 5.02 Å². The molecule has 1 aliphatic carbocycles. The van der Waals surface area contributed by atoms with Crippen LogP contribution in [-0.4, -0.2) is 25.4 Å².